The van der Waals surface area contributed by atoms with Gasteiger partial charge in [-0.05, 0) is 20.3 Å². The highest BCUT2D eigenvalue weighted by Crippen LogP contribution is 2.04. The van der Waals surface area contributed by atoms with Gasteiger partial charge in [-0.1, -0.05) is 13.3 Å². The predicted octanol–water partition coefficient (Wildman–Crippen LogP) is 1.54. The van der Waals surface area contributed by atoms with Crippen molar-refractivity contribution >= 4 is 12.1 Å². The molecule has 1 aliphatic heterocycles. The second-order valence-electron chi connectivity index (χ2n) is 5.37. The summed E-state index contributed by atoms with van der Waals surface area (Å²) in [5, 5.41) is 3.31. The van der Waals surface area contributed by atoms with Crippen LogP contribution in [0.3, 0.4) is 0 Å². The van der Waals surface area contributed by atoms with Gasteiger partial charge in [-0.2, -0.15) is 0 Å². The van der Waals surface area contributed by atoms with Gasteiger partial charge >= 0.3 is 6.09 Å². The number of rotatable bonds is 8. The van der Waals surface area contributed by atoms with Crippen LogP contribution in [-0.2, 0) is 9.47 Å². The zero-order valence-electron chi connectivity index (χ0n) is 14.8. The fourth-order valence-corrected chi connectivity index (χ4v) is 2.31. The molecule has 0 aromatic heterocycles. The Morgan fingerprint density at radius 2 is 1.78 bits per heavy atom. The Kier molecular flexibility index (Phi) is 10.2. The molecule has 23 heavy (non-hydrogen) atoms. The third-order valence-corrected chi connectivity index (χ3v) is 3.58. The van der Waals surface area contributed by atoms with Gasteiger partial charge in [0.25, 0.3) is 0 Å². The summed E-state index contributed by atoms with van der Waals surface area (Å²) in [5.41, 5.74) is 0. The first-order valence-corrected chi connectivity index (χ1v) is 8.75. The highest BCUT2D eigenvalue weighted by Gasteiger charge is 2.23. The van der Waals surface area contributed by atoms with Crippen molar-refractivity contribution in [1.82, 2.24) is 15.1 Å². The normalized spacial score (nSPS) is 15.7. The van der Waals surface area contributed by atoms with E-state index in [-0.39, 0.29) is 6.09 Å². The number of nitrogens with zero attached hydrogens (tertiary/aromatic N) is 3. The molecule has 1 rings (SSSR count). The minimum atomic E-state index is -0.224. The number of amides is 1. The summed E-state index contributed by atoms with van der Waals surface area (Å²) in [5.74, 6) is 0.898. The number of aliphatic imine (C=N–C) groups is 1. The highest BCUT2D eigenvalue weighted by atomic mass is 16.6. The van der Waals surface area contributed by atoms with E-state index in [0.29, 0.717) is 32.8 Å². The van der Waals surface area contributed by atoms with Gasteiger partial charge in [-0.25, -0.2) is 4.79 Å². The molecule has 1 fully saturated rings. The number of carbonyl (C=O) groups is 1. The van der Waals surface area contributed by atoms with Crippen molar-refractivity contribution in [3.8, 4) is 0 Å². The molecular formula is C16H32N4O3. The lowest BCUT2D eigenvalue weighted by atomic mass is 10.3. The Labute approximate surface area is 140 Å². The summed E-state index contributed by atoms with van der Waals surface area (Å²) in [6.07, 6.45) is 2.02. The van der Waals surface area contributed by atoms with Gasteiger partial charge in [0.1, 0.15) is 0 Å². The van der Waals surface area contributed by atoms with E-state index in [9.17, 15) is 4.79 Å². The van der Waals surface area contributed by atoms with Crippen molar-refractivity contribution in [2.24, 2.45) is 4.99 Å². The molecule has 0 saturated carbocycles. The molecule has 7 heteroatoms. The topological polar surface area (TPSA) is 66.4 Å². The zero-order valence-corrected chi connectivity index (χ0v) is 14.8. The average molecular weight is 328 g/mol. The van der Waals surface area contributed by atoms with Crippen molar-refractivity contribution in [1.29, 1.82) is 0 Å². The van der Waals surface area contributed by atoms with E-state index < -0.39 is 0 Å². The Bertz CT molecular complexity index is 355. The third kappa shape index (κ3) is 7.54. The Morgan fingerprint density at radius 1 is 1.09 bits per heavy atom. The molecule has 134 valence electrons. The standard InChI is InChI=1S/C16H32N4O3/c1-4-7-13-22-14-8-18-15(17-5-2)19-9-11-20(12-10-19)16(21)23-6-3/h4-14H2,1-3H3,(H,17,18). The molecule has 0 spiro atoms. The molecular weight excluding hydrogens is 296 g/mol. The van der Waals surface area contributed by atoms with E-state index in [1.165, 1.54) is 0 Å². The first-order valence-electron chi connectivity index (χ1n) is 8.75. The molecule has 7 nitrogen and oxygen atoms in total. The van der Waals surface area contributed by atoms with Gasteiger partial charge in [-0.15, -0.1) is 0 Å². The Morgan fingerprint density at radius 3 is 2.39 bits per heavy atom. The average Bonchev–Trinajstić information content (AvgIpc) is 2.57. The van der Waals surface area contributed by atoms with Crippen LogP contribution < -0.4 is 5.32 Å². The fourth-order valence-electron chi connectivity index (χ4n) is 2.31. The van der Waals surface area contributed by atoms with Crippen LogP contribution in [0.25, 0.3) is 0 Å². The number of hydrogen-bond acceptors (Lipinski definition) is 4. The van der Waals surface area contributed by atoms with Gasteiger partial charge < -0.3 is 24.6 Å². The molecule has 0 unspecified atom stereocenters. The van der Waals surface area contributed by atoms with Crippen LogP contribution in [0.4, 0.5) is 4.79 Å². The maximum atomic E-state index is 11.7. The Hall–Kier alpha value is -1.50. The summed E-state index contributed by atoms with van der Waals surface area (Å²) in [6.45, 7) is 12.3. The molecule has 0 aliphatic carbocycles. The molecule has 0 aromatic rings. The molecule has 1 heterocycles. The summed E-state index contributed by atoms with van der Waals surface area (Å²) in [6, 6.07) is 0. The summed E-state index contributed by atoms with van der Waals surface area (Å²) in [7, 11) is 0. The van der Waals surface area contributed by atoms with Gasteiger partial charge in [0.05, 0.1) is 19.8 Å². The number of carbonyl (C=O) groups excluding carboxylic acids is 1. The maximum absolute atomic E-state index is 11.7. The van der Waals surface area contributed by atoms with Crippen LogP contribution in [0.2, 0.25) is 0 Å². The van der Waals surface area contributed by atoms with E-state index >= 15 is 0 Å². The lowest BCUT2D eigenvalue weighted by molar-refractivity contribution is 0.0913. The fraction of sp³-hybridized carbons (Fsp3) is 0.875. The summed E-state index contributed by atoms with van der Waals surface area (Å²) in [4.78, 5) is 20.3. The van der Waals surface area contributed by atoms with Gasteiger partial charge in [0, 0.05) is 39.3 Å². The van der Waals surface area contributed by atoms with Crippen LogP contribution in [-0.4, -0.2) is 80.9 Å². The van der Waals surface area contributed by atoms with E-state index in [1.807, 2.05) is 6.92 Å². The number of ether oxygens (including phenoxy) is 2. The Balaban J connectivity index is 2.38. The second kappa shape index (κ2) is 12.0. The minimum absolute atomic E-state index is 0.224. The van der Waals surface area contributed by atoms with Crippen LogP contribution in [0.15, 0.2) is 4.99 Å². The predicted molar refractivity (Wildman–Crippen MR) is 91.9 cm³/mol. The highest BCUT2D eigenvalue weighted by molar-refractivity contribution is 5.80. The molecule has 1 aliphatic rings. The largest absolute Gasteiger partial charge is 0.450 e. The molecule has 0 aromatic carbocycles. The monoisotopic (exact) mass is 328 g/mol. The zero-order chi connectivity index (χ0) is 16.9. The summed E-state index contributed by atoms with van der Waals surface area (Å²) >= 11 is 0. The third-order valence-electron chi connectivity index (χ3n) is 3.58. The van der Waals surface area contributed by atoms with Crippen LogP contribution >= 0.6 is 0 Å². The van der Waals surface area contributed by atoms with Gasteiger partial charge in [-0.3, -0.25) is 4.99 Å². The molecule has 1 N–H and O–H groups in total. The number of guanidine groups is 1. The lowest BCUT2D eigenvalue weighted by Crippen LogP contribution is -2.54. The number of hydrogen-bond donors (Lipinski definition) is 1. The van der Waals surface area contributed by atoms with E-state index in [1.54, 1.807) is 4.90 Å². The van der Waals surface area contributed by atoms with Crippen molar-refractivity contribution in [2.75, 3.05) is 59.1 Å². The molecule has 1 saturated heterocycles. The van der Waals surface area contributed by atoms with Crippen molar-refractivity contribution in [2.45, 2.75) is 33.6 Å². The van der Waals surface area contributed by atoms with E-state index in [4.69, 9.17) is 9.47 Å². The van der Waals surface area contributed by atoms with Crippen molar-refractivity contribution in [3.05, 3.63) is 0 Å². The van der Waals surface area contributed by atoms with Gasteiger partial charge in [0.2, 0.25) is 0 Å². The summed E-state index contributed by atoms with van der Waals surface area (Å²) < 4.78 is 10.6. The quantitative estimate of drug-likeness (QED) is 0.416. The van der Waals surface area contributed by atoms with Gasteiger partial charge in [0.15, 0.2) is 5.96 Å². The van der Waals surface area contributed by atoms with E-state index in [2.05, 4.69) is 29.1 Å². The lowest BCUT2D eigenvalue weighted by Gasteiger charge is -2.35. The number of unbranched alkanes of at least 4 members (excludes halogenated alkanes) is 1. The van der Waals surface area contributed by atoms with Crippen molar-refractivity contribution in [3.63, 3.8) is 0 Å². The van der Waals surface area contributed by atoms with Crippen LogP contribution in [0, 0.1) is 0 Å². The van der Waals surface area contributed by atoms with Crippen LogP contribution in [0.1, 0.15) is 33.6 Å². The van der Waals surface area contributed by atoms with Crippen LogP contribution in [0.5, 0.6) is 0 Å². The second-order valence-corrected chi connectivity index (χ2v) is 5.37. The van der Waals surface area contributed by atoms with E-state index in [0.717, 1.165) is 45.0 Å². The maximum Gasteiger partial charge on any atom is 0.409 e. The molecule has 0 radical (unpaired) electrons. The smallest absolute Gasteiger partial charge is 0.409 e. The number of piperazine rings is 1. The first kappa shape index (κ1) is 19.5. The molecule has 0 atom stereocenters. The molecule has 0 bridgehead atoms. The van der Waals surface area contributed by atoms with Crippen molar-refractivity contribution < 1.29 is 14.3 Å². The molecule has 1 amide bonds. The SMILES string of the molecule is CCCCOCCN=C(NCC)N1CCN(C(=O)OCC)CC1. The first-order chi connectivity index (χ1) is 11.2. The minimum Gasteiger partial charge on any atom is -0.450 e. The number of nitrogens with one attached hydrogen (secondary N) is 1.